The van der Waals surface area contributed by atoms with Crippen LogP contribution in [0.1, 0.15) is 37.3 Å². The lowest BCUT2D eigenvalue weighted by atomic mass is 9.98. The van der Waals surface area contributed by atoms with Crippen LogP contribution in [-0.2, 0) is 9.59 Å². The molecular formula is C15H21NO4. The zero-order chi connectivity index (χ0) is 15.1. The van der Waals surface area contributed by atoms with Gasteiger partial charge < -0.3 is 15.2 Å². The van der Waals surface area contributed by atoms with Crippen molar-refractivity contribution in [1.82, 2.24) is 5.32 Å². The minimum absolute atomic E-state index is 0.137. The van der Waals surface area contributed by atoms with Gasteiger partial charge in [-0.25, -0.2) is 0 Å². The summed E-state index contributed by atoms with van der Waals surface area (Å²) in [6.07, 6.45) is 0.137. The minimum Gasteiger partial charge on any atom is -0.493 e. The van der Waals surface area contributed by atoms with Crippen LogP contribution in [0, 0.1) is 6.92 Å². The van der Waals surface area contributed by atoms with E-state index in [1.165, 1.54) is 5.56 Å². The van der Waals surface area contributed by atoms with E-state index < -0.39 is 5.97 Å². The molecule has 5 nitrogen and oxygen atoms in total. The maximum Gasteiger partial charge on any atom is 0.322 e. The van der Waals surface area contributed by atoms with Crippen LogP contribution in [0.25, 0.3) is 0 Å². The van der Waals surface area contributed by atoms with Crippen molar-refractivity contribution in [2.45, 2.75) is 33.1 Å². The number of ether oxygens (including phenoxy) is 1. The Balaban J connectivity index is 2.41. The molecule has 0 aromatic heterocycles. The fourth-order valence-corrected chi connectivity index (χ4v) is 1.91. The monoisotopic (exact) mass is 279 g/mol. The molecular weight excluding hydrogens is 258 g/mol. The van der Waals surface area contributed by atoms with Crippen LogP contribution in [0.3, 0.4) is 0 Å². The number of amides is 1. The molecule has 110 valence electrons. The van der Waals surface area contributed by atoms with Gasteiger partial charge in [0.2, 0.25) is 5.91 Å². The summed E-state index contributed by atoms with van der Waals surface area (Å²) in [4.78, 5) is 21.6. The summed E-state index contributed by atoms with van der Waals surface area (Å²) in [5, 5.41) is 10.7. The molecule has 0 aliphatic carbocycles. The highest BCUT2D eigenvalue weighted by atomic mass is 16.5. The van der Waals surface area contributed by atoms with Crippen LogP contribution in [-0.4, -0.2) is 30.1 Å². The molecule has 0 atom stereocenters. The minimum atomic E-state index is -1.06. The van der Waals surface area contributed by atoms with Crippen LogP contribution in [0.15, 0.2) is 18.2 Å². The van der Waals surface area contributed by atoms with Crippen molar-refractivity contribution in [3.05, 3.63) is 29.3 Å². The number of hydrogen-bond donors (Lipinski definition) is 2. The lowest BCUT2D eigenvalue weighted by Gasteiger charge is -2.12. The molecule has 1 rings (SSSR count). The quantitative estimate of drug-likeness (QED) is 0.801. The number of carbonyl (C=O) groups excluding carboxylic acids is 1. The SMILES string of the molecule is Cc1cc(OCCC(=O)NCC(=O)O)ccc1C(C)C. The molecule has 0 bridgehead atoms. The van der Waals surface area contributed by atoms with E-state index >= 15 is 0 Å². The van der Waals surface area contributed by atoms with Gasteiger partial charge in [-0.05, 0) is 36.1 Å². The Kier molecular flexibility index (Phi) is 6.03. The fraction of sp³-hybridized carbons (Fsp3) is 0.467. The molecule has 0 saturated heterocycles. The van der Waals surface area contributed by atoms with Gasteiger partial charge in [-0.15, -0.1) is 0 Å². The number of carboxylic acid groups (broad SMARTS) is 1. The Morgan fingerprint density at radius 1 is 1.35 bits per heavy atom. The van der Waals surface area contributed by atoms with Crippen molar-refractivity contribution in [3.8, 4) is 5.75 Å². The molecule has 0 spiro atoms. The van der Waals surface area contributed by atoms with Crippen molar-refractivity contribution < 1.29 is 19.4 Å². The molecule has 0 aliphatic heterocycles. The van der Waals surface area contributed by atoms with Gasteiger partial charge in [0, 0.05) is 0 Å². The third-order valence-electron chi connectivity index (χ3n) is 2.90. The summed E-state index contributed by atoms with van der Waals surface area (Å²) < 4.78 is 5.49. The third-order valence-corrected chi connectivity index (χ3v) is 2.90. The van der Waals surface area contributed by atoms with E-state index in [-0.39, 0.29) is 25.5 Å². The van der Waals surface area contributed by atoms with Gasteiger partial charge in [0.25, 0.3) is 0 Å². The first-order chi connectivity index (χ1) is 9.40. The van der Waals surface area contributed by atoms with E-state index in [2.05, 4.69) is 19.2 Å². The first-order valence-corrected chi connectivity index (χ1v) is 6.62. The molecule has 0 aliphatic rings. The number of benzene rings is 1. The molecule has 5 heteroatoms. The number of rotatable bonds is 7. The fourth-order valence-electron chi connectivity index (χ4n) is 1.91. The normalized spacial score (nSPS) is 10.4. The molecule has 1 aromatic rings. The highest BCUT2D eigenvalue weighted by Gasteiger charge is 2.06. The zero-order valence-electron chi connectivity index (χ0n) is 12.1. The van der Waals surface area contributed by atoms with Gasteiger partial charge >= 0.3 is 5.97 Å². The molecule has 0 fully saturated rings. The molecule has 0 saturated carbocycles. The van der Waals surface area contributed by atoms with Crippen LogP contribution in [0.4, 0.5) is 0 Å². The number of hydrogen-bond acceptors (Lipinski definition) is 3. The highest BCUT2D eigenvalue weighted by molar-refractivity contribution is 5.81. The maximum atomic E-state index is 11.3. The predicted octanol–water partition coefficient (Wildman–Crippen LogP) is 2.09. The van der Waals surface area contributed by atoms with Gasteiger partial charge in [-0.1, -0.05) is 19.9 Å². The first-order valence-electron chi connectivity index (χ1n) is 6.62. The van der Waals surface area contributed by atoms with E-state index in [1.807, 2.05) is 25.1 Å². The molecule has 20 heavy (non-hydrogen) atoms. The van der Waals surface area contributed by atoms with Gasteiger partial charge in [0.05, 0.1) is 13.0 Å². The van der Waals surface area contributed by atoms with E-state index in [4.69, 9.17) is 9.84 Å². The number of nitrogens with one attached hydrogen (secondary N) is 1. The summed E-state index contributed by atoms with van der Waals surface area (Å²) in [7, 11) is 0. The van der Waals surface area contributed by atoms with Crippen LogP contribution < -0.4 is 10.1 Å². The summed E-state index contributed by atoms with van der Waals surface area (Å²) in [5.74, 6) is -0.203. The summed E-state index contributed by atoms with van der Waals surface area (Å²) >= 11 is 0. The number of carbonyl (C=O) groups is 2. The average molecular weight is 279 g/mol. The second-order valence-electron chi connectivity index (χ2n) is 4.94. The van der Waals surface area contributed by atoms with Gasteiger partial charge in [-0.3, -0.25) is 9.59 Å². The predicted molar refractivity (Wildman–Crippen MR) is 76.0 cm³/mol. The topological polar surface area (TPSA) is 75.6 Å². The van der Waals surface area contributed by atoms with Crippen molar-refractivity contribution in [3.63, 3.8) is 0 Å². The maximum absolute atomic E-state index is 11.3. The lowest BCUT2D eigenvalue weighted by molar-refractivity contribution is -0.138. The second-order valence-corrected chi connectivity index (χ2v) is 4.94. The van der Waals surface area contributed by atoms with Crippen molar-refractivity contribution in [1.29, 1.82) is 0 Å². The van der Waals surface area contributed by atoms with E-state index in [1.54, 1.807) is 0 Å². The summed E-state index contributed by atoms with van der Waals surface area (Å²) in [5.41, 5.74) is 2.43. The lowest BCUT2D eigenvalue weighted by Crippen LogP contribution is -2.30. The Morgan fingerprint density at radius 3 is 2.60 bits per heavy atom. The molecule has 1 amide bonds. The summed E-state index contributed by atoms with van der Waals surface area (Å²) in [6, 6.07) is 5.86. The Morgan fingerprint density at radius 2 is 2.05 bits per heavy atom. The first kappa shape index (κ1) is 16.0. The van der Waals surface area contributed by atoms with E-state index in [9.17, 15) is 9.59 Å². The average Bonchev–Trinajstić information content (AvgIpc) is 2.36. The van der Waals surface area contributed by atoms with Gasteiger partial charge in [-0.2, -0.15) is 0 Å². The third kappa shape index (κ3) is 5.30. The molecule has 2 N–H and O–H groups in total. The molecule has 0 unspecified atom stereocenters. The summed E-state index contributed by atoms with van der Waals surface area (Å²) in [6.45, 7) is 6.17. The Hall–Kier alpha value is -2.04. The van der Waals surface area contributed by atoms with Crippen molar-refractivity contribution in [2.75, 3.05) is 13.2 Å². The molecule has 0 heterocycles. The Labute approximate surface area is 118 Å². The van der Waals surface area contributed by atoms with Gasteiger partial charge in [0.15, 0.2) is 0 Å². The molecule has 1 aromatic carbocycles. The zero-order valence-corrected chi connectivity index (χ0v) is 12.1. The van der Waals surface area contributed by atoms with E-state index in [0.717, 1.165) is 11.3 Å². The molecule has 0 radical (unpaired) electrons. The second kappa shape index (κ2) is 7.53. The van der Waals surface area contributed by atoms with Crippen LogP contribution >= 0.6 is 0 Å². The van der Waals surface area contributed by atoms with E-state index in [0.29, 0.717) is 5.92 Å². The van der Waals surface area contributed by atoms with Crippen LogP contribution in [0.5, 0.6) is 5.75 Å². The standard InChI is InChI=1S/C15H21NO4/c1-10(2)13-5-4-12(8-11(13)3)20-7-6-14(17)16-9-15(18)19/h4-5,8,10H,6-7,9H2,1-3H3,(H,16,17)(H,18,19). The Bertz CT molecular complexity index is 483. The van der Waals surface area contributed by atoms with Crippen LogP contribution in [0.2, 0.25) is 0 Å². The number of aliphatic carboxylic acids is 1. The van der Waals surface area contributed by atoms with Crippen molar-refractivity contribution >= 4 is 11.9 Å². The van der Waals surface area contributed by atoms with Crippen molar-refractivity contribution in [2.24, 2.45) is 0 Å². The number of aryl methyl sites for hydroxylation is 1. The smallest absolute Gasteiger partial charge is 0.322 e. The highest BCUT2D eigenvalue weighted by Crippen LogP contribution is 2.23. The largest absolute Gasteiger partial charge is 0.493 e. The number of carboxylic acids is 1. The van der Waals surface area contributed by atoms with Gasteiger partial charge in [0.1, 0.15) is 12.3 Å².